The van der Waals surface area contributed by atoms with E-state index in [4.69, 9.17) is 27.9 Å². The lowest BCUT2D eigenvalue weighted by atomic mass is 10.2. The highest BCUT2D eigenvalue weighted by Crippen LogP contribution is 2.33. The van der Waals surface area contributed by atoms with Crippen LogP contribution in [0.2, 0.25) is 10.0 Å². The summed E-state index contributed by atoms with van der Waals surface area (Å²) in [6.45, 7) is 1.57. The van der Waals surface area contributed by atoms with E-state index in [2.05, 4.69) is 30.8 Å². The second-order valence-corrected chi connectivity index (χ2v) is 7.81. The molecule has 0 aliphatic heterocycles. The molecule has 2 aromatic carbocycles. The highest BCUT2D eigenvalue weighted by atomic mass is 79.9. The Morgan fingerprint density at radius 2 is 1.97 bits per heavy atom. The largest absolute Gasteiger partial charge is 0.479 e. The molecule has 0 fully saturated rings. The van der Waals surface area contributed by atoms with Crippen molar-refractivity contribution in [2.24, 2.45) is 5.10 Å². The van der Waals surface area contributed by atoms with Gasteiger partial charge in [-0.2, -0.15) is 9.78 Å². The van der Waals surface area contributed by atoms with Gasteiger partial charge in [0, 0.05) is 10.9 Å². The van der Waals surface area contributed by atoms with Crippen LogP contribution in [0.1, 0.15) is 18.3 Å². The van der Waals surface area contributed by atoms with Gasteiger partial charge in [-0.25, -0.2) is 9.78 Å². The number of carbonyl (C=O) groups excluding carboxylic acids is 1. The van der Waals surface area contributed by atoms with Gasteiger partial charge in [0.1, 0.15) is 5.82 Å². The molecule has 0 aliphatic carbocycles. The third-order valence-corrected chi connectivity index (χ3v) is 5.15. The zero-order valence-electron chi connectivity index (χ0n) is 16.0. The summed E-state index contributed by atoms with van der Waals surface area (Å²) in [5.74, 6) is 0.112. The lowest BCUT2D eigenvalue weighted by molar-refractivity contribution is -0.142. The van der Waals surface area contributed by atoms with Gasteiger partial charge in [0.05, 0.1) is 34.3 Å². The number of carbonyl (C=O) groups is 1. The molecule has 156 valence electrons. The highest BCUT2D eigenvalue weighted by Gasteiger charge is 2.13. The Morgan fingerprint density at radius 3 is 2.60 bits per heavy atom. The number of methoxy groups -OCH3 is 1. The molecule has 3 aromatic rings. The van der Waals surface area contributed by atoms with Crippen molar-refractivity contribution >= 4 is 62.2 Å². The lowest BCUT2D eigenvalue weighted by Crippen LogP contribution is -2.22. The number of aromatic nitrogens is 2. The fraction of sp³-hybridized carbons (Fsp3) is 0.200. The number of rotatable bonds is 6. The summed E-state index contributed by atoms with van der Waals surface area (Å²) in [5, 5.41) is 5.12. The van der Waals surface area contributed by atoms with Crippen LogP contribution in [0.15, 0.2) is 44.7 Å². The van der Waals surface area contributed by atoms with Crippen LogP contribution in [0, 0.1) is 0 Å². The monoisotopic (exact) mass is 511 g/mol. The van der Waals surface area contributed by atoms with Gasteiger partial charge in [-0.15, -0.1) is 0 Å². The SMILES string of the molecule is CCc1nc2ccc(Br)cc2c(=O)n1N=Cc1cc(Cl)c(OCC(=O)OC)c(Cl)c1. The average Bonchev–Trinajstić information content (AvgIpc) is 2.72. The van der Waals surface area contributed by atoms with Crippen molar-refractivity contribution in [1.29, 1.82) is 0 Å². The molecule has 0 amide bonds. The first-order valence-corrected chi connectivity index (χ1v) is 10.3. The van der Waals surface area contributed by atoms with Crippen LogP contribution in [0.3, 0.4) is 0 Å². The van der Waals surface area contributed by atoms with Crippen LogP contribution in [0.5, 0.6) is 5.75 Å². The smallest absolute Gasteiger partial charge is 0.343 e. The molecule has 30 heavy (non-hydrogen) atoms. The normalized spacial score (nSPS) is 11.2. The Labute approximate surface area is 190 Å². The molecule has 0 unspecified atom stereocenters. The number of benzene rings is 2. The zero-order valence-corrected chi connectivity index (χ0v) is 19.1. The van der Waals surface area contributed by atoms with Crippen LogP contribution in [0.4, 0.5) is 0 Å². The van der Waals surface area contributed by atoms with Gasteiger partial charge < -0.3 is 9.47 Å². The molecule has 1 aromatic heterocycles. The van der Waals surface area contributed by atoms with E-state index in [1.807, 2.05) is 13.0 Å². The van der Waals surface area contributed by atoms with Crippen molar-refractivity contribution < 1.29 is 14.3 Å². The topological polar surface area (TPSA) is 82.8 Å². The van der Waals surface area contributed by atoms with Gasteiger partial charge in [0.25, 0.3) is 5.56 Å². The maximum Gasteiger partial charge on any atom is 0.343 e. The minimum Gasteiger partial charge on any atom is -0.479 e. The van der Waals surface area contributed by atoms with Gasteiger partial charge in [-0.1, -0.05) is 46.1 Å². The number of nitrogens with zero attached hydrogens (tertiary/aromatic N) is 3. The zero-order chi connectivity index (χ0) is 21.8. The molecule has 0 saturated heterocycles. The van der Waals surface area contributed by atoms with Crippen LogP contribution >= 0.6 is 39.1 Å². The van der Waals surface area contributed by atoms with Crippen molar-refractivity contribution in [3.05, 3.63) is 66.6 Å². The fourth-order valence-corrected chi connectivity index (χ4v) is 3.62. The summed E-state index contributed by atoms with van der Waals surface area (Å²) >= 11 is 15.8. The standard InChI is InChI=1S/C20H16BrCl2N3O4/c1-3-17-25-16-5-4-12(21)8-13(16)20(28)26(17)24-9-11-6-14(22)19(15(23)7-11)30-10-18(27)29-2/h4-9H,3,10H2,1-2H3. The lowest BCUT2D eigenvalue weighted by Gasteiger charge is -2.10. The predicted octanol–water partition coefficient (Wildman–Crippen LogP) is 4.46. The minimum atomic E-state index is -0.560. The first kappa shape index (κ1) is 22.3. The molecule has 0 spiro atoms. The van der Waals surface area contributed by atoms with E-state index in [1.165, 1.54) is 18.0 Å². The van der Waals surface area contributed by atoms with E-state index in [0.29, 0.717) is 28.7 Å². The summed E-state index contributed by atoms with van der Waals surface area (Å²) in [6.07, 6.45) is 1.97. The Morgan fingerprint density at radius 1 is 1.27 bits per heavy atom. The molecule has 7 nitrogen and oxygen atoms in total. The van der Waals surface area contributed by atoms with Gasteiger partial charge in [-0.3, -0.25) is 4.79 Å². The van der Waals surface area contributed by atoms with Crippen molar-refractivity contribution in [1.82, 2.24) is 9.66 Å². The molecule has 0 saturated carbocycles. The van der Waals surface area contributed by atoms with Crippen molar-refractivity contribution in [2.45, 2.75) is 13.3 Å². The van der Waals surface area contributed by atoms with Gasteiger partial charge in [0.2, 0.25) is 0 Å². The molecule has 0 aliphatic rings. The number of hydrogen-bond acceptors (Lipinski definition) is 6. The van der Waals surface area contributed by atoms with Gasteiger partial charge in [0.15, 0.2) is 12.4 Å². The molecule has 1 heterocycles. The molecule has 0 atom stereocenters. The molecular formula is C20H16BrCl2N3O4. The predicted molar refractivity (Wildman–Crippen MR) is 120 cm³/mol. The molecule has 0 bridgehead atoms. The minimum absolute atomic E-state index is 0.157. The summed E-state index contributed by atoms with van der Waals surface area (Å²) in [4.78, 5) is 28.7. The van der Waals surface area contributed by atoms with Crippen LogP contribution < -0.4 is 10.3 Å². The second kappa shape index (κ2) is 9.59. The Bertz CT molecular complexity index is 1190. The quantitative estimate of drug-likeness (QED) is 0.359. The molecule has 10 heteroatoms. The van der Waals surface area contributed by atoms with E-state index in [9.17, 15) is 9.59 Å². The van der Waals surface area contributed by atoms with Gasteiger partial charge in [-0.05, 0) is 35.9 Å². The first-order chi connectivity index (χ1) is 14.3. The number of ether oxygens (including phenoxy) is 2. The van der Waals surface area contributed by atoms with E-state index < -0.39 is 5.97 Å². The van der Waals surface area contributed by atoms with Crippen LogP contribution in [-0.4, -0.2) is 35.6 Å². The summed E-state index contributed by atoms with van der Waals surface area (Å²) < 4.78 is 11.8. The molecular weight excluding hydrogens is 497 g/mol. The number of fused-ring (bicyclic) bond motifs is 1. The summed E-state index contributed by atoms with van der Waals surface area (Å²) in [6, 6.07) is 8.43. The molecule has 0 radical (unpaired) electrons. The third kappa shape index (κ3) is 4.83. The molecule has 0 N–H and O–H groups in total. The van der Waals surface area contributed by atoms with Crippen molar-refractivity contribution in [3.63, 3.8) is 0 Å². The van der Waals surface area contributed by atoms with Crippen molar-refractivity contribution in [3.8, 4) is 5.75 Å². The van der Waals surface area contributed by atoms with Crippen LogP contribution in [0.25, 0.3) is 10.9 Å². The van der Waals surface area contributed by atoms with Crippen LogP contribution in [-0.2, 0) is 16.0 Å². The maximum atomic E-state index is 12.9. The van der Waals surface area contributed by atoms with E-state index in [-0.39, 0.29) is 28.0 Å². The van der Waals surface area contributed by atoms with Gasteiger partial charge >= 0.3 is 5.97 Å². The van der Waals surface area contributed by atoms with Crippen molar-refractivity contribution in [2.75, 3.05) is 13.7 Å². The number of hydrogen-bond donors (Lipinski definition) is 0. The first-order valence-electron chi connectivity index (χ1n) is 8.78. The summed E-state index contributed by atoms with van der Waals surface area (Å²) in [7, 11) is 1.25. The number of halogens is 3. The highest BCUT2D eigenvalue weighted by molar-refractivity contribution is 9.10. The number of esters is 1. The Hall–Kier alpha value is -2.42. The third-order valence-electron chi connectivity index (χ3n) is 4.10. The Kier molecular flexibility index (Phi) is 7.12. The van der Waals surface area contributed by atoms with E-state index >= 15 is 0 Å². The van der Waals surface area contributed by atoms with E-state index in [0.717, 1.165) is 4.47 Å². The fourth-order valence-electron chi connectivity index (χ4n) is 2.65. The number of aryl methyl sites for hydroxylation is 1. The maximum absolute atomic E-state index is 12.9. The molecule has 3 rings (SSSR count). The second-order valence-electron chi connectivity index (χ2n) is 6.08. The Balaban J connectivity index is 1.97. The summed E-state index contributed by atoms with van der Waals surface area (Å²) in [5.41, 5.74) is 0.855. The van der Waals surface area contributed by atoms with E-state index in [1.54, 1.807) is 24.3 Å². The average molecular weight is 513 g/mol.